The molecule has 1 aliphatic rings. The Labute approximate surface area is 197 Å². The van der Waals surface area contributed by atoms with Crippen LogP contribution in [0.2, 0.25) is 10.0 Å². The van der Waals surface area contributed by atoms with Crippen LogP contribution in [-0.2, 0) is 14.8 Å². The number of halogens is 2. The number of sulfonamides is 1. The van der Waals surface area contributed by atoms with E-state index < -0.39 is 15.9 Å². The van der Waals surface area contributed by atoms with Crippen LogP contribution in [0.4, 0.5) is 16.5 Å². The summed E-state index contributed by atoms with van der Waals surface area (Å²) in [4.78, 5) is 25.9. The zero-order valence-corrected chi connectivity index (χ0v) is 19.4. The van der Waals surface area contributed by atoms with Gasteiger partial charge in [-0.05, 0) is 42.8 Å². The number of carbonyl (C=O) groups is 2. The molecule has 1 aromatic heterocycles. The van der Waals surface area contributed by atoms with Gasteiger partial charge in [0, 0.05) is 23.7 Å². The molecule has 3 aromatic rings. The molecule has 1 saturated heterocycles. The number of nitrogens with one attached hydrogen (secondary N) is 2. The summed E-state index contributed by atoms with van der Waals surface area (Å²) in [6.07, 6.45) is 1.23. The molecule has 0 bridgehead atoms. The standard InChI is InChI=1S/C19H15Cl2N5O4S2/c20-11-6-7-14(15(21)9-11)17(28)22-18-23-24-19(31-18)32(29,30)25-12-3-1-4-13(10-12)26-8-2-5-16(26)27/h1,3-4,6-7,9-10,25H,2,5,8H2,(H,22,23,28). The van der Waals surface area contributed by atoms with Crippen molar-refractivity contribution in [2.24, 2.45) is 0 Å². The summed E-state index contributed by atoms with van der Waals surface area (Å²) in [5, 5.41) is 10.4. The van der Waals surface area contributed by atoms with Gasteiger partial charge in [0.1, 0.15) is 0 Å². The Bertz CT molecular complexity index is 1310. The van der Waals surface area contributed by atoms with Crippen LogP contribution >= 0.6 is 34.5 Å². The van der Waals surface area contributed by atoms with Crippen LogP contribution in [0.15, 0.2) is 46.8 Å². The predicted octanol–water partition coefficient (Wildman–Crippen LogP) is 4.02. The Morgan fingerprint density at radius 3 is 2.66 bits per heavy atom. The average molecular weight is 512 g/mol. The number of nitrogens with zero attached hydrogens (tertiary/aromatic N) is 3. The minimum absolute atomic E-state index is 0.00435. The third-order valence-electron chi connectivity index (χ3n) is 4.52. The van der Waals surface area contributed by atoms with Crippen molar-refractivity contribution in [3.8, 4) is 0 Å². The van der Waals surface area contributed by atoms with Gasteiger partial charge in [0.15, 0.2) is 0 Å². The van der Waals surface area contributed by atoms with Crippen molar-refractivity contribution < 1.29 is 18.0 Å². The van der Waals surface area contributed by atoms with E-state index in [1.807, 2.05) is 0 Å². The minimum atomic E-state index is -4.06. The van der Waals surface area contributed by atoms with Crippen LogP contribution < -0.4 is 14.9 Å². The number of rotatable bonds is 6. The molecule has 4 rings (SSSR count). The minimum Gasteiger partial charge on any atom is -0.312 e. The number of hydrogen-bond donors (Lipinski definition) is 2. The van der Waals surface area contributed by atoms with E-state index >= 15 is 0 Å². The zero-order chi connectivity index (χ0) is 22.9. The highest BCUT2D eigenvalue weighted by Crippen LogP contribution is 2.28. The normalized spacial score (nSPS) is 13.9. The smallest absolute Gasteiger partial charge is 0.291 e. The number of amides is 2. The second kappa shape index (κ2) is 9.02. The fraction of sp³-hybridized carbons (Fsp3) is 0.158. The maximum atomic E-state index is 12.7. The summed E-state index contributed by atoms with van der Waals surface area (Å²) in [5.74, 6) is -0.585. The van der Waals surface area contributed by atoms with Gasteiger partial charge < -0.3 is 4.90 Å². The van der Waals surface area contributed by atoms with Gasteiger partial charge >= 0.3 is 0 Å². The third kappa shape index (κ3) is 4.85. The third-order valence-corrected chi connectivity index (χ3v) is 7.65. The lowest BCUT2D eigenvalue weighted by Gasteiger charge is -2.16. The van der Waals surface area contributed by atoms with E-state index in [1.54, 1.807) is 29.2 Å². The molecule has 0 radical (unpaired) electrons. The summed E-state index contributed by atoms with van der Waals surface area (Å²) in [6.45, 7) is 0.589. The first-order valence-electron chi connectivity index (χ1n) is 9.26. The molecule has 9 nitrogen and oxygen atoms in total. The van der Waals surface area contributed by atoms with Crippen molar-refractivity contribution in [1.82, 2.24) is 10.2 Å². The van der Waals surface area contributed by atoms with Crippen LogP contribution in [0.5, 0.6) is 0 Å². The Morgan fingerprint density at radius 1 is 1.12 bits per heavy atom. The van der Waals surface area contributed by atoms with Gasteiger partial charge in [-0.3, -0.25) is 19.6 Å². The largest absolute Gasteiger partial charge is 0.312 e. The Morgan fingerprint density at radius 2 is 1.94 bits per heavy atom. The van der Waals surface area contributed by atoms with Gasteiger partial charge in [0.05, 0.1) is 16.3 Å². The topological polar surface area (TPSA) is 121 Å². The van der Waals surface area contributed by atoms with E-state index in [-0.39, 0.29) is 31.7 Å². The molecule has 2 aromatic carbocycles. The van der Waals surface area contributed by atoms with Gasteiger partial charge in [0.2, 0.25) is 11.0 Å². The van der Waals surface area contributed by atoms with Crippen molar-refractivity contribution >= 4 is 72.9 Å². The lowest BCUT2D eigenvalue weighted by atomic mass is 10.2. The van der Waals surface area contributed by atoms with Crippen molar-refractivity contribution in [1.29, 1.82) is 0 Å². The van der Waals surface area contributed by atoms with Crippen molar-refractivity contribution in [3.05, 3.63) is 58.1 Å². The molecule has 2 amide bonds. The van der Waals surface area contributed by atoms with Gasteiger partial charge in [-0.15, -0.1) is 10.2 Å². The van der Waals surface area contributed by atoms with Crippen LogP contribution in [-0.4, -0.2) is 37.0 Å². The van der Waals surface area contributed by atoms with Gasteiger partial charge in [-0.1, -0.05) is 40.6 Å². The molecule has 0 saturated carbocycles. The highest BCUT2D eigenvalue weighted by atomic mass is 35.5. The average Bonchev–Trinajstić information content (AvgIpc) is 3.37. The molecule has 32 heavy (non-hydrogen) atoms. The van der Waals surface area contributed by atoms with E-state index in [0.717, 1.165) is 6.42 Å². The second-order valence-electron chi connectivity index (χ2n) is 6.76. The first kappa shape index (κ1) is 22.5. The molecule has 0 unspecified atom stereocenters. The van der Waals surface area contributed by atoms with Crippen LogP contribution in [0.3, 0.4) is 0 Å². The number of anilines is 3. The van der Waals surface area contributed by atoms with Crippen LogP contribution in [0.25, 0.3) is 0 Å². The first-order chi connectivity index (χ1) is 15.2. The second-order valence-corrected chi connectivity index (χ2v) is 10.4. The van der Waals surface area contributed by atoms with E-state index in [9.17, 15) is 18.0 Å². The van der Waals surface area contributed by atoms with E-state index in [0.29, 0.717) is 35.0 Å². The van der Waals surface area contributed by atoms with Gasteiger partial charge in [0.25, 0.3) is 20.3 Å². The molecule has 2 N–H and O–H groups in total. The number of hydrogen-bond acceptors (Lipinski definition) is 7. The Hall–Kier alpha value is -2.73. The first-order valence-corrected chi connectivity index (χ1v) is 12.3. The maximum absolute atomic E-state index is 12.7. The number of aromatic nitrogens is 2. The summed E-state index contributed by atoms with van der Waals surface area (Å²) in [6, 6.07) is 10.9. The molecule has 1 fully saturated rings. The Kier molecular flexibility index (Phi) is 6.33. The summed E-state index contributed by atoms with van der Waals surface area (Å²) in [7, 11) is -4.06. The molecule has 2 heterocycles. The summed E-state index contributed by atoms with van der Waals surface area (Å²) < 4.78 is 27.5. The predicted molar refractivity (Wildman–Crippen MR) is 123 cm³/mol. The van der Waals surface area contributed by atoms with Crippen LogP contribution in [0.1, 0.15) is 23.2 Å². The molecule has 13 heteroatoms. The molecule has 166 valence electrons. The summed E-state index contributed by atoms with van der Waals surface area (Å²) in [5.41, 5.74) is 1.04. The van der Waals surface area contributed by atoms with Crippen molar-refractivity contribution in [2.45, 2.75) is 17.2 Å². The Balaban J connectivity index is 1.48. The maximum Gasteiger partial charge on any atom is 0.291 e. The molecule has 0 aliphatic carbocycles. The number of benzene rings is 2. The molecule has 0 spiro atoms. The quantitative estimate of drug-likeness (QED) is 0.481. The van der Waals surface area contributed by atoms with E-state index in [2.05, 4.69) is 20.2 Å². The zero-order valence-electron chi connectivity index (χ0n) is 16.2. The fourth-order valence-corrected chi connectivity index (χ4v) is 5.50. The van der Waals surface area contributed by atoms with Gasteiger partial charge in [-0.25, -0.2) is 0 Å². The molecular formula is C19H15Cl2N5O4S2. The lowest BCUT2D eigenvalue weighted by molar-refractivity contribution is -0.117. The molecule has 1 aliphatic heterocycles. The van der Waals surface area contributed by atoms with Crippen molar-refractivity contribution in [2.75, 3.05) is 21.5 Å². The van der Waals surface area contributed by atoms with Gasteiger partial charge in [-0.2, -0.15) is 8.42 Å². The molecular weight excluding hydrogens is 497 g/mol. The van der Waals surface area contributed by atoms with E-state index in [1.165, 1.54) is 18.2 Å². The highest BCUT2D eigenvalue weighted by molar-refractivity contribution is 7.94. The van der Waals surface area contributed by atoms with Crippen molar-refractivity contribution in [3.63, 3.8) is 0 Å². The monoisotopic (exact) mass is 511 g/mol. The highest BCUT2D eigenvalue weighted by Gasteiger charge is 2.24. The van der Waals surface area contributed by atoms with Crippen LogP contribution in [0, 0.1) is 0 Å². The molecule has 0 atom stereocenters. The number of carbonyl (C=O) groups excluding carboxylic acids is 2. The summed E-state index contributed by atoms with van der Waals surface area (Å²) >= 11 is 12.5. The SMILES string of the molecule is O=C(Nc1nnc(S(=O)(=O)Nc2cccc(N3CCCC3=O)c2)s1)c1ccc(Cl)cc1Cl. The fourth-order valence-electron chi connectivity index (χ4n) is 3.06. The lowest BCUT2D eigenvalue weighted by Crippen LogP contribution is -2.23. The van der Waals surface area contributed by atoms with E-state index in [4.69, 9.17) is 23.2 Å².